The SMILES string of the molecule is Cc1ccccc1N1C(C)c2c(n(C)c3cccnc23)C12C1CC3CC(C1)CC2C3. The minimum Gasteiger partial charge on any atom is -0.353 e. The Morgan fingerprint density at radius 2 is 1.63 bits per heavy atom. The van der Waals surface area contributed by atoms with E-state index in [1.165, 1.54) is 60.0 Å². The second kappa shape index (κ2) is 5.69. The zero-order valence-corrected chi connectivity index (χ0v) is 18.3. The second-order valence-electron chi connectivity index (χ2n) is 10.7. The van der Waals surface area contributed by atoms with Gasteiger partial charge in [0, 0.05) is 24.5 Å². The van der Waals surface area contributed by atoms with E-state index in [1.807, 2.05) is 6.20 Å². The van der Waals surface area contributed by atoms with Crippen LogP contribution in [0.1, 0.15) is 61.9 Å². The molecule has 1 unspecified atom stereocenters. The van der Waals surface area contributed by atoms with Crippen molar-refractivity contribution in [2.24, 2.45) is 30.7 Å². The molecule has 1 aliphatic heterocycles. The van der Waals surface area contributed by atoms with Crippen LogP contribution >= 0.6 is 0 Å². The number of para-hydroxylation sites is 1. The molecule has 5 aliphatic rings. The van der Waals surface area contributed by atoms with E-state index in [4.69, 9.17) is 4.98 Å². The van der Waals surface area contributed by atoms with Gasteiger partial charge in [0.25, 0.3) is 0 Å². The molecule has 30 heavy (non-hydrogen) atoms. The molecular weight excluding hydrogens is 366 g/mol. The Bertz CT molecular complexity index is 1140. The Morgan fingerprint density at radius 1 is 0.933 bits per heavy atom. The highest BCUT2D eigenvalue weighted by Gasteiger charge is 2.66. The molecule has 4 bridgehead atoms. The fourth-order valence-electron chi connectivity index (χ4n) is 8.66. The summed E-state index contributed by atoms with van der Waals surface area (Å²) in [5.41, 5.74) is 8.62. The van der Waals surface area contributed by atoms with Gasteiger partial charge in [-0.05, 0) is 93.4 Å². The van der Waals surface area contributed by atoms with Crippen molar-refractivity contribution in [2.75, 3.05) is 4.90 Å². The van der Waals surface area contributed by atoms with Crippen molar-refractivity contribution in [1.82, 2.24) is 9.55 Å². The molecule has 3 heteroatoms. The Balaban J connectivity index is 1.57. The van der Waals surface area contributed by atoms with E-state index in [0.717, 1.165) is 23.7 Å². The number of aryl methyl sites for hydroxylation is 2. The topological polar surface area (TPSA) is 21.1 Å². The smallest absolute Gasteiger partial charge is 0.0937 e. The molecule has 1 spiro atoms. The van der Waals surface area contributed by atoms with Crippen LogP contribution in [0.15, 0.2) is 42.6 Å². The number of benzene rings is 1. The molecule has 3 heterocycles. The first kappa shape index (κ1) is 17.4. The zero-order valence-electron chi connectivity index (χ0n) is 18.3. The van der Waals surface area contributed by atoms with Crippen LogP contribution in [0.4, 0.5) is 5.69 Å². The minimum absolute atomic E-state index is 0.129. The quantitative estimate of drug-likeness (QED) is 0.494. The monoisotopic (exact) mass is 397 g/mol. The first-order valence-electron chi connectivity index (χ1n) is 11.9. The molecule has 4 aliphatic carbocycles. The van der Waals surface area contributed by atoms with Gasteiger partial charge in [0.2, 0.25) is 0 Å². The molecule has 0 amide bonds. The summed E-state index contributed by atoms with van der Waals surface area (Å²) in [5, 5.41) is 0. The lowest BCUT2D eigenvalue weighted by Crippen LogP contribution is -2.62. The molecule has 0 radical (unpaired) electrons. The Labute approximate surface area is 179 Å². The number of aromatic nitrogens is 2. The summed E-state index contributed by atoms with van der Waals surface area (Å²) in [6.07, 6.45) is 9.13. The number of nitrogens with zero attached hydrogens (tertiary/aromatic N) is 3. The van der Waals surface area contributed by atoms with Crippen molar-refractivity contribution >= 4 is 16.7 Å². The summed E-state index contributed by atoms with van der Waals surface area (Å²) in [6.45, 7) is 4.74. The molecule has 4 fully saturated rings. The van der Waals surface area contributed by atoms with Crippen molar-refractivity contribution in [3.8, 4) is 0 Å². The average molecular weight is 398 g/mol. The normalized spacial score (nSPS) is 36.2. The molecular formula is C27H31N3. The van der Waals surface area contributed by atoms with Gasteiger partial charge in [-0.2, -0.15) is 0 Å². The Morgan fingerprint density at radius 3 is 2.33 bits per heavy atom. The minimum atomic E-state index is 0.129. The second-order valence-corrected chi connectivity index (χ2v) is 10.7. The molecule has 3 aromatic rings. The highest BCUT2D eigenvalue weighted by Crippen LogP contribution is 2.69. The van der Waals surface area contributed by atoms with Crippen molar-refractivity contribution in [1.29, 1.82) is 0 Å². The van der Waals surface area contributed by atoms with Gasteiger partial charge in [-0.1, -0.05) is 18.2 Å². The first-order valence-corrected chi connectivity index (χ1v) is 11.9. The van der Waals surface area contributed by atoms with E-state index in [0.29, 0.717) is 6.04 Å². The van der Waals surface area contributed by atoms with E-state index in [9.17, 15) is 0 Å². The Kier molecular flexibility index (Phi) is 3.30. The molecule has 0 saturated heterocycles. The number of pyridine rings is 1. The molecule has 154 valence electrons. The number of fused-ring (bicyclic) bond motifs is 3. The average Bonchev–Trinajstić information content (AvgIpc) is 3.18. The predicted molar refractivity (Wildman–Crippen MR) is 122 cm³/mol. The van der Waals surface area contributed by atoms with Gasteiger partial charge in [0.05, 0.1) is 28.3 Å². The maximum atomic E-state index is 4.92. The van der Waals surface area contributed by atoms with Gasteiger partial charge in [0.15, 0.2) is 0 Å². The van der Waals surface area contributed by atoms with Crippen molar-refractivity contribution < 1.29 is 0 Å². The molecule has 0 N–H and O–H groups in total. The number of hydrogen-bond donors (Lipinski definition) is 0. The number of anilines is 1. The van der Waals surface area contributed by atoms with Crippen LogP contribution in [0.5, 0.6) is 0 Å². The van der Waals surface area contributed by atoms with Crippen molar-refractivity contribution in [3.63, 3.8) is 0 Å². The number of rotatable bonds is 1. The summed E-state index contributed by atoms with van der Waals surface area (Å²) in [4.78, 5) is 7.81. The van der Waals surface area contributed by atoms with Gasteiger partial charge in [-0.15, -0.1) is 0 Å². The van der Waals surface area contributed by atoms with Crippen LogP contribution in [0, 0.1) is 30.6 Å². The van der Waals surface area contributed by atoms with Gasteiger partial charge in [0.1, 0.15) is 0 Å². The lowest BCUT2D eigenvalue weighted by atomic mass is 9.47. The van der Waals surface area contributed by atoms with Gasteiger partial charge in [-0.25, -0.2) is 0 Å². The van der Waals surface area contributed by atoms with Crippen LogP contribution in [-0.4, -0.2) is 9.55 Å². The molecule has 4 saturated carbocycles. The maximum Gasteiger partial charge on any atom is 0.0937 e. The summed E-state index contributed by atoms with van der Waals surface area (Å²) in [7, 11) is 2.31. The first-order chi connectivity index (χ1) is 14.6. The summed E-state index contributed by atoms with van der Waals surface area (Å²) in [5.74, 6) is 3.45. The van der Waals surface area contributed by atoms with Crippen LogP contribution in [0.3, 0.4) is 0 Å². The van der Waals surface area contributed by atoms with Crippen LogP contribution in [-0.2, 0) is 12.6 Å². The highest BCUT2D eigenvalue weighted by molar-refractivity contribution is 5.86. The van der Waals surface area contributed by atoms with Gasteiger partial charge < -0.3 is 9.47 Å². The third-order valence-corrected chi connectivity index (χ3v) is 9.33. The van der Waals surface area contributed by atoms with E-state index in [-0.39, 0.29) is 5.54 Å². The van der Waals surface area contributed by atoms with Crippen LogP contribution < -0.4 is 4.90 Å². The molecule has 3 nitrogen and oxygen atoms in total. The van der Waals surface area contributed by atoms with E-state index in [1.54, 1.807) is 5.69 Å². The predicted octanol–water partition coefficient (Wildman–Crippen LogP) is 6.11. The lowest BCUT2D eigenvalue weighted by Gasteiger charge is -2.64. The van der Waals surface area contributed by atoms with E-state index in [2.05, 4.69) is 66.8 Å². The standard InChI is InChI=1S/C27H31N3/c1-16-7-4-5-8-22(16)30-17(2)24-25-23(9-6-10-28-25)29(3)26(24)27(30)20-12-18-11-19(14-20)15-21(27)13-18/h4-10,17-21H,11-15H2,1-3H3. The van der Waals surface area contributed by atoms with Crippen molar-refractivity contribution in [3.05, 3.63) is 59.4 Å². The largest absolute Gasteiger partial charge is 0.353 e. The molecule has 1 atom stereocenters. The summed E-state index contributed by atoms with van der Waals surface area (Å²) < 4.78 is 2.54. The van der Waals surface area contributed by atoms with Crippen molar-refractivity contribution in [2.45, 2.75) is 57.5 Å². The summed E-state index contributed by atoms with van der Waals surface area (Å²) in [6, 6.07) is 13.8. The van der Waals surface area contributed by atoms with Gasteiger partial charge in [-0.3, -0.25) is 4.98 Å². The van der Waals surface area contributed by atoms with E-state index < -0.39 is 0 Å². The highest BCUT2D eigenvalue weighted by atomic mass is 15.3. The molecule has 2 aromatic heterocycles. The lowest BCUT2D eigenvalue weighted by molar-refractivity contribution is -0.0629. The Hall–Kier alpha value is -2.29. The third kappa shape index (κ3) is 1.87. The summed E-state index contributed by atoms with van der Waals surface area (Å²) >= 11 is 0. The van der Waals surface area contributed by atoms with Crippen LogP contribution in [0.25, 0.3) is 11.0 Å². The third-order valence-electron chi connectivity index (χ3n) is 9.33. The number of hydrogen-bond acceptors (Lipinski definition) is 2. The molecule has 8 rings (SSSR count). The van der Waals surface area contributed by atoms with Gasteiger partial charge >= 0.3 is 0 Å². The zero-order chi connectivity index (χ0) is 20.2. The fourth-order valence-corrected chi connectivity index (χ4v) is 8.66. The van der Waals surface area contributed by atoms with Crippen LogP contribution in [0.2, 0.25) is 0 Å². The van der Waals surface area contributed by atoms with E-state index >= 15 is 0 Å². The maximum absolute atomic E-state index is 4.92. The molecule has 1 aromatic carbocycles. The fraction of sp³-hybridized carbons (Fsp3) is 0.519.